The van der Waals surface area contributed by atoms with E-state index in [0.29, 0.717) is 18.0 Å². The van der Waals surface area contributed by atoms with Gasteiger partial charge in [-0.2, -0.15) is 0 Å². The summed E-state index contributed by atoms with van der Waals surface area (Å²) >= 11 is 0. The van der Waals surface area contributed by atoms with Gasteiger partial charge in [0.25, 0.3) is 0 Å². The van der Waals surface area contributed by atoms with E-state index in [4.69, 9.17) is 14.2 Å². The van der Waals surface area contributed by atoms with Gasteiger partial charge in [-0.3, -0.25) is 5.32 Å². The van der Waals surface area contributed by atoms with Gasteiger partial charge >= 0.3 is 6.09 Å². The van der Waals surface area contributed by atoms with Gasteiger partial charge in [0.2, 0.25) is 0 Å². The predicted octanol–water partition coefficient (Wildman–Crippen LogP) is 2.73. The van der Waals surface area contributed by atoms with E-state index in [1.807, 2.05) is 25.1 Å². The summed E-state index contributed by atoms with van der Waals surface area (Å²) < 4.78 is 15.7. The summed E-state index contributed by atoms with van der Waals surface area (Å²) in [5, 5.41) is 2.68. The molecule has 0 spiro atoms. The zero-order chi connectivity index (χ0) is 13.7. The number of rotatable bonds is 4. The molecule has 104 valence electrons. The highest BCUT2D eigenvalue weighted by Gasteiger charge is 2.18. The molecule has 0 radical (unpaired) electrons. The van der Waals surface area contributed by atoms with Gasteiger partial charge in [0.1, 0.15) is 12.4 Å². The number of ether oxygens (including phenoxy) is 3. The second kappa shape index (κ2) is 6.43. The van der Waals surface area contributed by atoms with Crippen LogP contribution in [0, 0.1) is 6.92 Å². The standard InChI is InChI=1S/C14H19NO4/c1-10-5-6-13(17-2)12(8-10)15-14(16)19-9-11-4-3-7-18-11/h5-6,8,11H,3-4,7,9H2,1-2H3,(H,15,16). The normalized spacial score (nSPS) is 18.1. The average molecular weight is 265 g/mol. The van der Waals surface area contributed by atoms with Gasteiger partial charge in [0, 0.05) is 6.61 Å². The molecule has 19 heavy (non-hydrogen) atoms. The summed E-state index contributed by atoms with van der Waals surface area (Å²) in [5.41, 5.74) is 1.65. The van der Waals surface area contributed by atoms with Gasteiger partial charge in [-0.15, -0.1) is 0 Å². The Morgan fingerprint density at radius 3 is 3.05 bits per heavy atom. The molecule has 5 heteroatoms. The number of aryl methyl sites for hydroxylation is 1. The number of methoxy groups -OCH3 is 1. The molecule has 1 aliphatic heterocycles. The number of hydrogen-bond acceptors (Lipinski definition) is 4. The van der Waals surface area contributed by atoms with Crippen LogP contribution in [-0.4, -0.2) is 32.5 Å². The lowest BCUT2D eigenvalue weighted by Crippen LogP contribution is -2.21. The van der Waals surface area contributed by atoms with Gasteiger partial charge in [0.05, 0.1) is 18.9 Å². The second-order valence-corrected chi connectivity index (χ2v) is 4.56. The average Bonchev–Trinajstić information content (AvgIpc) is 2.90. The van der Waals surface area contributed by atoms with Crippen molar-refractivity contribution in [3.8, 4) is 5.75 Å². The first-order valence-electron chi connectivity index (χ1n) is 6.39. The Labute approximate surface area is 112 Å². The van der Waals surface area contributed by atoms with Crippen molar-refractivity contribution in [2.75, 3.05) is 25.6 Å². The number of benzene rings is 1. The fraction of sp³-hybridized carbons (Fsp3) is 0.500. The van der Waals surface area contributed by atoms with E-state index in [1.165, 1.54) is 0 Å². The number of hydrogen-bond donors (Lipinski definition) is 1. The molecule has 1 atom stereocenters. The van der Waals surface area contributed by atoms with Gasteiger partial charge < -0.3 is 14.2 Å². The Morgan fingerprint density at radius 2 is 2.37 bits per heavy atom. The van der Waals surface area contributed by atoms with Crippen molar-refractivity contribution >= 4 is 11.8 Å². The van der Waals surface area contributed by atoms with Crippen molar-refractivity contribution in [2.45, 2.75) is 25.9 Å². The highest BCUT2D eigenvalue weighted by Crippen LogP contribution is 2.25. The van der Waals surface area contributed by atoms with Crippen LogP contribution in [0.4, 0.5) is 10.5 Å². The van der Waals surface area contributed by atoms with E-state index in [9.17, 15) is 4.79 Å². The molecule has 1 amide bonds. The number of anilines is 1. The van der Waals surface area contributed by atoms with Crippen LogP contribution < -0.4 is 10.1 Å². The maximum atomic E-state index is 11.7. The molecule has 0 saturated carbocycles. The van der Waals surface area contributed by atoms with Crippen LogP contribution in [0.2, 0.25) is 0 Å². The van der Waals surface area contributed by atoms with Gasteiger partial charge in [-0.25, -0.2) is 4.79 Å². The first-order chi connectivity index (χ1) is 9.19. The molecular weight excluding hydrogens is 246 g/mol. The predicted molar refractivity (Wildman–Crippen MR) is 71.7 cm³/mol. The first kappa shape index (κ1) is 13.7. The maximum absolute atomic E-state index is 11.7. The Bertz CT molecular complexity index is 441. The van der Waals surface area contributed by atoms with Crippen molar-refractivity contribution in [2.24, 2.45) is 0 Å². The smallest absolute Gasteiger partial charge is 0.411 e. The third-order valence-corrected chi connectivity index (χ3v) is 3.02. The molecule has 1 heterocycles. The monoisotopic (exact) mass is 265 g/mol. The van der Waals surface area contributed by atoms with E-state index in [2.05, 4.69) is 5.32 Å². The highest BCUT2D eigenvalue weighted by molar-refractivity contribution is 5.86. The third-order valence-electron chi connectivity index (χ3n) is 3.02. The molecule has 0 bridgehead atoms. The third kappa shape index (κ3) is 3.86. The highest BCUT2D eigenvalue weighted by atomic mass is 16.6. The van der Waals surface area contributed by atoms with Crippen molar-refractivity contribution < 1.29 is 19.0 Å². The molecule has 1 aliphatic rings. The van der Waals surface area contributed by atoms with Crippen LogP contribution >= 0.6 is 0 Å². The molecule has 0 aliphatic carbocycles. The summed E-state index contributed by atoms with van der Waals surface area (Å²) in [7, 11) is 1.56. The van der Waals surface area contributed by atoms with Crippen LogP contribution in [0.15, 0.2) is 18.2 Å². The second-order valence-electron chi connectivity index (χ2n) is 4.56. The quantitative estimate of drug-likeness (QED) is 0.909. The Hall–Kier alpha value is -1.75. The van der Waals surface area contributed by atoms with Crippen LogP contribution in [0.1, 0.15) is 18.4 Å². The minimum atomic E-state index is -0.487. The van der Waals surface area contributed by atoms with E-state index >= 15 is 0 Å². The topological polar surface area (TPSA) is 56.8 Å². The van der Waals surface area contributed by atoms with Crippen LogP contribution in [0.5, 0.6) is 5.75 Å². The zero-order valence-corrected chi connectivity index (χ0v) is 11.3. The van der Waals surface area contributed by atoms with Crippen molar-refractivity contribution in [3.63, 3.8) is 0 Å². The van der Waals surface area contributed by atoms with Crippen molar-refractivity contribution in [3.05, 3.63) is 23.8 Å². The van der Waals surface area contributed by atoms with Gasteiger partial charge in [-0.05, 0) is 37.5 Å². The Balaban J connectivity index is 1.88. The van der Waals surface area contributed by atoms with Crippen molar-refractivity contribution in [1.29, 1.82) is 0 Å². The largest absolute Gasteiger partial charge is 0.495 e. The lowest BCUT2D eigenvalue weighted by atomic mass is 10.2. The molecule has 1 aromatic carbocycles. The number of carbonyl (C=O) groups is 1. The number of nitrogens with one attached hydrogen (secondary N) is 1. The number of amides is 1. The van der Waals surface area contributed by atoms with Crippen LogP contribution in [0.25, 0.3) is 0 Å². The molecule has 1 aromatic rings. The van der Waals surface area contributed by atoms with E-state index in [0.717, 1.165) is 25.0 Å². The lowest BCUT2D eigenvalue weighted by molar-refractivity contribution is 0.0484. The summed E-state index contributed by atoms with van der Waals surface area (Å²) in [4.78, 5) is 11.7. The van der Waals surface area contributed by atoms with Crippen molar-refractivity contribution in [1.82, 2.24) is 0 Å². The van der Waals surface area contributed by atoms with Crippen LogP contribution in [-0.2, 0) is 9.47 Å². The van der Waals surface area contributed by atoms with E-state index < -0.39 is 6.09 Å². The maximum Gasteiger partial charge on any atom is 0.411 e. The summed E-state index contributed by atoms with van der Waals surface area (Å²) in [6, 6.07) is 5.57. The SMILES string of the molecule is COc1ccc(C)cc1NC(=O)OCC1CCCO1. The minimum Gasteiger partial charge on any atom is -0.495 e. The van der Waals surface area contributed by atoms with Gasteiger partial charge in [0.15, 0.2) is 0 Å². The molecule has 1 saturated heterocycles. The van der Waals surface area contributed by atoms with Gasteiger partial charge in [-0.1, -0.05) is 6.07 Å². The molecule has 2 rings (SSSR count). The summed E-state index contributed by atoms with van der Waals surface area (Å²) in [6.45, 7) is 2.99. The molecule has 1 N–H and O–H groups in total. The molecule has 5 nitrogen and oxygen atoms in total. The zero-order valence-electron chi connectivity index (χ0n) is 11.3. The van der Waals surface area contributed by atoms with Crippen LogP contribution in [0.3, 0.4) is 0 Å². The Morgan fingerprint density at radius 1 is 1.53 bits per heavy atom. The van der Waals surface area contributed by atoms with E-state index in [1.54, 1.807) is 7.11 Å². The number of carbonyl (C=O) groups excluding carboxylic acids is 1. The lowest BCUT2D eigenvalue weighted by Gasteiger charge is -2.13. The molecule has 0 aromatic heterocycles. The summed E-state index contributed by atoms with van der Waals surface area (Å²) in [6.07, 6.45) is 1.52. The molecule has 1 unspecified atom stereocenters. The van der Waals surface area contributed by atoms with E-state index in [-0.39, 0.29) is 6.10 Å². The minimum absolute atomic E-state index is 0.0326. The molecular formula is C14H19NO4. The Kier molecular flexibility index (Phi) is 4.63. The first-order valence-corrected chi connectivity index (χ1v) is 6.39. The molecule has 1 fully saturated rings. The summed E-state index contributed by atoms with van der Waals surface area (Å²) in [5.74, 6) is 0.611. The fourth-order valence-electron chi connectivity index (χ4n) is 2.01. The fourth-order valence-corrected chi connectivity index (χ4v) is 2.01.